The largest absolute Gasteiger partial charge is 0.461 e. The van der Waals surface area contributed by atoms with Crippen LogP contribution < -0.4 is 0 Å². The highest BCUT2D eigenvalue weighted by Crippen LogP contribution is 2.15. The number of carbonyl (C=O) groups is 1. The molecule has 0 unspecified atom stereocenters. The van der Waals surface area contributed by atoms with Crippen molar-refractivity contribution in [2.45, 2.75) is 33.1 Å². The molecular formula is C16H20N2O2. The summed E-state index contributed by atoms with van der Waals surface area (Å²) in [5, 5.41) is 4.54. The Kier molecular flexibility index (Phi) is 4.93. The molecule has 0 aliphatic carbocycles. The molecule has 2 rings (SSSR count). The molecule has 1 aromatic heterocycles. The van der Waals surface area contributed by atoms with E-state index >= 15 is 0 Å². The molecule has 4 heteroatoms. The van der Waals surface area contributed by atoms with Gasteiger partial charge in [0.2, 0.25) is 0 Å². The minimum Gasteiger partial charge on any atom is -0.461 e. The number of esters is 1. The van der Waals surface area contributed by atoms with Gasteiger partial charge in [-0.1, -0.05) is 31.5 Å². The maximum Gasteiger partial charge on any atom is 0.357 e. The molecule has 1 aromatic carbocycles. The van der Waals surface area contributed by atoms with E-state index in [1.807, 2.05) is 36.4 Å². The van der Waals surface area contributed by atoms with Crippen LogP contribution in [0, 0.1) is 0 Å². The van der Waals surface area contributed by atoms with E-state index in [0.717, 1.165) is 30.6 Å². The predicted molar refractivity (Wildman–Crippen MR) is 78.1 cm³/mol. The van der Waals surface area contributed by atoms with Crippen LogP contribution in [0.5, 0.6) is 0 Å². The summed E-state index contributed by atoms with van der Waals surface area (Å²) in [6.07, 6.45) is 3.05. The Bertz CT molecular complexity index is 561. The number of unbranched alkanes of at least 4 members (excludes halogenated alkanes) is 1. The van der Waals surface area contributed by atoms with E-state index in [1.165, 1.54) is 0 Å². The molecule has 1 heterocycles. The standard InChI is InChI=1S/C16H20N2O2/c1-3-5-9-13-12-15(16(19)20-4-2)18(17-13)14-10-7-6-8-11-14/h6-8,10-12H,3-5,9H2,1-2H3. The lowest BCUT2D eigenvalue weighted by atomic mass is 10.2. The number of nitrogens with zero attached hydrogens (tertiary/aromatic N) is 2. The van der Waals surface area contributed by atoms with Crippen molar-refractivity contribution in [3.05, 3.63) is 47.8 Å². The molecule has 4 nitrogen and oxygen atoms in total. The van der Waals surface area contributed by atoms with Crippen LogP contribution in [0.1, 0.15) is 42.9 Å². The Morgan fingerprint density at radius 1 is 1.25 bits per heavy atom. The summed E-state index contributed by atoms with van der Waals surface area (Å²) < 4.78 is 6.78. The normalized spacial score (nSPS) is 10.5. The first-order valence-electron chi connectivity index (χ1n) is 7.07. The van der Waals surface area contributed by atoms with Crippen molar-refractivity contribution in [1.82, 2.24) is 9.78 Å². The van der Waals surface area contributed by atoms with Gasteiger partial charge in [0, 0.05) is 0 Å². The fourth-order valence-corrected chi connectivity index (χ4v) is 2.03. The Hall–Kier alpha value is -2.10. The summed E-state index contributed by atoms with van der Waals surface area (Å²) >= 11 is 0. The van der Waals surface area contributed by atoms with E-state index in [-0.39, 0.29) is 5.97 Å². The minimum absolute atomic E-state index is 0.327. The predicted octanol–water partition coefficient (Wildman–Crippen LogP) is 3.39. The molecule has 0 bridgehead atoms. The van der Waals surface area contributed by atoms with E-state index in [2.05, 4.69) is 12.0 Å². The number of para-hydroxylation sites is 1. The highest BCUT2D eigenvalue weighted by Gasteiger charge is 2.17. The van der Waals surface area contributed by atoms with Crippen LogP contribution in [0.3, 0.4) is 0 Å². The fourth-order valence-electron chi connectivity index (χ4n) is 2.03. The minimum atomic E-state index is -0.327. The summed E-state index contributed by atoms with van der Waals surface area (Å²) in [6, 6.07) is 11.5. The average Bonchev–Trinajstić information content (AvgIpc) is 2.90. The Morgan fingerprint density at radius 3 is 2.65 bits per heavy atom. The highest BCUT2D eigenvalue weighted by molar-refractivity contribution is 5.88. The molecule has 0 saturated heterocycles. The SMILES string of the molecule is CCCCc1cc(C(=O)OCC)n(-c2ccccc2)n1. The summed E-state index contributed by atoms with van der Waals surface area (Å²) in [5.74, 6) is -0.327. The number of aryl methyl sites for hydroxylation is 1. The fraction of sp³-hybridized carbons (Fsp3) is 0.375. The van der Waals surface area contributed by atoms with Gasteiger partial charge in [-0.3, -0.25) is 0 Å². The van der Waals surface area contributed by atoms with Gasteiger partial charge in [-0.05, 0) is 38.0 Å². The molecule has 0 amide bonds. The van der Waals surface area contributed by atoms with Gasteiger partial charge in [0.25, 0.3) is 0 Å². The number of rotatable bonds is 6. The smallest absolute Gasteiger partial charge is 0.357 e. The number of hydrogen-bond donors (Lipinski definition) is 0. The molecular weight excluding hydrogens is 252 g/mol. The van der Waals surface area contributed by atoms with Gasteiger partial charge in [0.05, 0.1) is 18.0 Å². The van der Waals surface area contributed by atoms with Gasteiger partial charge in [0.1, 0.15) is 0 Å². The monoisotopic (exact) mass is 272 g/mol. The van der Waals surface area contributed by atoms with E-state index in [9.17, 15) is 4.79 Å². The van der Waals surface area contributed by atoms with Gasteiger partial charge < -0.3 is 4.74 Å². The lowest BCUT2D eigenvalue weighted by molar-refractivity contribution is 0.0515. The second kappa shape index (κ2) is 6.89. The summed E-state index contributed by atoms with van der Waals surface area (Å²) in [6.45, 7) is 4.31. The second-order valence-corrected chi connectivity index (χ2v) is 4.59. The van der Waals surface area contributed by atoms with Crippen molar-refractivity contribution in [2.24, 2.45) is 0 Å². The highest BCUT2D eigenvalue weighted by atomic mass is 16.5. The van der Waals surface area contributed by atoms with Gasteiger partial charge >= 0.3 is 5.97 Å². The van der Waals surface area contributed by atoms with Crippen LogP contribution in [0.25, 0.3) is 5.69 Å². The zero-order valence-electron chi connectivity index (χ0n) is 12.0. The lowest BCUT2D eigenvalue weighted by Crippen LogP contribution is -2.11. The van der Waals surface area contributed by atoms with Crippen molar-refractivity contribution in [2.75, 3.05) is 6.61 Å². The lowest BCUT2D eigenvalue weighted by Gasteiger charge is -2.06. The van der Waals surface area contributed by atoms with Crippen LogP contribution in [0.4, 0.5) is 0 Å². The third-order valence-corrected chi connectivity index (χ3v) is 3.03. The van der Waals surface area contributed by atoms with Crippen LogP contribution >= 0.6 is 0 Å². The van der Waals surface area contributed by atoms with Crippen LogP contribution in [-0.4, -0.2) is 22.4 Å². The molecule has 0 radical (unpaired) electrons. The molecule has 0 saturated carbocycles. The molecule has 0 aliphatic rings. The number of ether oxygens (including phenoxy) is 1. The molecule has 0 aliphatic heterocycles. The first kappa shape index (κ1) is 14.3. The van der Waals surface area contributed by atoms with Gasteiger partial charge in [-0.15, -0.1) is 0 Å². The average molecular weight is 272 g/mol. The number of benzene rings is 1. The second-order valence-electron chi connectivity index (χ2n) is 4.59. The number of aromatic nitrogens is 2. The van der Waals surface area contributed by atoms with E-state index in [4.69, 9.17) is 4.74 Å². The third-order valence-electron chi connectivity index (χ3n) is 3.03. The number of carbonyl (C=O) groups excluding carboxylic acids is 1. The van der Waals surface area contributed by atoms with Crippen molar-refractivity contribution in [1.29, 1.82) is 0 Å². The zero-order valence-corrected chi connectivity index (χ0v) is 12.0. The van der Waals surface area contributed by atoms with Gasteiger partial charge in [-0.2, -0.15) is 5.10 Å². The van der Waals surface area contributed by atoms with Crippen LogP contribution in [-0.2, 0) is 11.2 Å². The quantitative estimate of drug-likeness (QED) is 0.757. The molecule has 0 fully saturated rings. The molecule has 0 spiro atoms. The Balaban J connectivity index is 2.37. The number of hydrogen-bond acceptors (Lipinski definition) is 3. The van der Waals surface area contributed by atoms with E-state index in [0.29, 0.717) is 12.3 Å². The Labute approximate surface area is 119 Å². The third kappa shape index (κ3) is 3.26. The molecule has 0 atom stereocenters. The maximum atomic E-state index is 12.0. The first-order chi connectivity index (χ1) is 9.76. The van der Waals surface area contributed by atoms with Crippen LogP contribution in [0.15, 0.2) is 36.4 Å². The summed E-state index contributed by atoms with van der Waals surface area (Å²) in [5.41, 5.74) is 2.29. The Morgan fingerprint density at radius 2 is 2.00 bits per heavy atom. The molecule has 106 valence electrons. The molecule has 0 N–H and O–H groups in total. The van der Waals surface area contributed by atoms with Crippen molar-refractivity contribution in [3.8, 4) is 5.69 Å². The van der Waals surface area contributed by atoms with E-state index < -0.39 is 0 Å². The van der Waals surface area contributed by atoms with Crippen molar-refractivity contribution in [3.63, 3.8) is 0 Å². The zero-order chi connectivity index (χ0) is 14.4. The molecule has 2 aromatic rings. The topological polar surface area (TPSA) is 44.1 Å². The summed E-state index contributed by atoms with van der Waals surface area (Å²) in [4.78, 5) is 12.0. The molecule has 20 heavy (non-hydrogen) atoms. The maximum absolute atomic E-state index is 12.0. The summed E-state index contributed by atoms with van der Waals surface area (Å²) in [7, 11) is 0. The van der Waals surface area contributed by atoms with E-state index in [1.54, 1.807) is 11.6 Å². The van der Waals surface area contributed by atoms with Gasteiger partial charge in [-0.25, -0.2) is 9.48 Å². The van der Waals surface area contributed by atoms with Crippen molar-refractivity contribution >= 4 is 5.97 Å². The van der Waals surface area contributed by atoms with Crippen molar-refractivity contribution < 1.29 is 9.53 Å². The van der Waals surface area contributed by atoms with Crippen LogP contribution in [0.2, 0.25) is 0 Å². The van der Waals surface area contributed by atoms with Gasteiger partial charge in [0.15, 0.2) is 5.69 Å². The first-order valence-corrected chi connectivity index (χ1v) is 7.07.